The number of hydrogen-bond donors (Lipinski definition) is 1. The van der Waals surface area contributed by atoms with Crippen molar-refractivity contribution in [1.29, 1.82) is 5.26 Å². The molecule has 0 aliphatic carbocycles. The standard InChI is InChI=1S/C27H24N4O3/c1-17-20(7-8-22-23(17)16-34-27(22)33)25(32)15-30(2)14-18-6-9-26(29-13-18)31-11-10-21-19(12-28)4-3-5-24(21)31/h3-11,13,25,32H,14-16H2,1-2H3. The first-order valence-corrected chi connectivity index (χ1v) is 11.1. The highest BCUT2D eigenvalue weighted by molar-refractivity contribution is 5.94. The van der Waals surface area contributed by atoms with Gasteiger partial charge in [0.2, 0.25) is 0 Å². The van der Waals surface area contributed by atoms with Crippen LogP contribution in [0.25, 0.3) is 16.7 Å². The van der Waals surface area contributed by atoms with Gasteiger partial charge in [0.15, 0.2) is 0 Å². The quantitative estimate of drug-likeness (QED) is 0.444. The molecule has 1 N–H and O–H groups in total. The maximum Gasteiger partial charge on any atom is 0.338 e. The average Bonchev–Trinajstić information content (AvgIpc) is 3.44. The van der Waals surface area contributed by atoms with Gasteiger partial charge in [-0.25, -0.2) is 9.78 Å². The molecule has 1 unspecified atom stereocenters. The fraction of sp³-hybridized carbons (Fsp3) is 0.222. The van der Waals surface area contributed by atoms with Crippen molar-refractivity contribution in [1.82, 2.24) is 14.5 Å². The highest BCUT2D eigenvalue weighted by Crippen LogP contribution is 2.29. The number of carbonyl (C=O) groups excluding carboxylic acids is 1. The lowest BCUT2D eigenvalue weighted by atomic mass is 9.95. The van der Waals surface area contributed by atoms with Crippen molar-refractivity contribution in [3.05, 3.63) is 94.3 Å². The number of ether oxygens (including phenoxy) is 1. The average molecular weight is 453 g/mol. The van der Waals surface area contributed by atoms with Gasteiger partial charge >= 0.3 is 5.97 Å². The van der Waals surface area contributed by atoms with E-state index in [9.17, 15) is 15.2 Å². The Morgan fingerprint density at radius 1 is 1.24 bits per heavy atom. The van der Waals surface area contributed by atoms with E-state index < -0.39 is 6.10 Å². The predicted octanol–water partition coefficient (Wildman–Crippen LogP) is 4.04. The SMILES string of the molecule is Cc1c(C(O)CN(C)Cc2ccc(-n3ccc4c(C#N)cccc43)nc2)ccc2c1COC2=O. The molecule has 2 aromatic carbocycles. The highest BCUT2D eigenvalue weighted by atomic mass is 16.5. The number of cyclic esters (lactones) is 1. The third kappa shape index (κ3) is 3.83. The van der Waals surface area contributed by atoms with E-state index in [1.54, 1.807) is 6.07 Å². The van der Waals surface area contributed by atoms with E-state index in [-0.39, 0.29) is 12.6 Å². The van der Waals surface area contributed by atoms with Crippen LogP contribution in [-0.2, 0) is 17.9 Å². The van der Waals surface area contributed by atoms with Crippen LogP contribution >= 0.6 is 0 Å². The first kappa shape index (κ1) is 21.8. The molecule has 1 aliphatic heterocycles. The second-order valence-corrected chi connectivity index (χ2v) is 8.66. The summed E-state index contributed by atoms with van der Waals surface area (Å²) in [6.07, 6.45) is 3.08. The number of pyridine rings is 1. The molecule has 0 saturated heterocycles. The number of nitrogens with zero attached hydrogens (tertiary/aromatic N) is 4. The monoisotopic (exact) mass is 452 g/mol. The maximum atomic E-state index is 11.8. The predicted molar refractivity (Wildman–Crippen MR) is 127 cm³/mol. The summed E-state index contributed by atoms with van der Waals surface area (Å²) < 4.78 is 7.09. The molecule has 7 heteroatoms. The largest absolute Gasteiger partial charge is 0.457 e. The smallest absolute Gasteiger partial charge is 0.338 e. The van der Waals surface area contributed by atoms with E-state index in [4.69, 9.17) is 4.74 Å². The molecule has 0 spiro atoms. The molecule has 170 valence electrons. The number of benzene rings is 2. The van der Waals surface area contributed by atoms with Gasteiger partial charge in [-0.2, -0.15) is 5.26 Å². The van der Waals surface area contributed by atoms with E-state index in [1.807, 2.05) is 78.3 Å². The lowest BCUT2D eigenvalue weighted by Crippen LogP contribution is -2.25. The Morgan fingerprint density at radius 2 is 2.09 bits per heavy atom. The Hall–Kier alpha value is -3.99. The summed E-state index contributed by atoms with van der Waals surface area (Å²) in [5.41, 5.74) is 5.79. The van der Waals surface area contributed by atoms with Crippen LogP contribution in [0, 0.1) is 18.3 Å². The van der Waals surface area contributed by atoms with Crippen molar-refractivity contribution in [3.63, 3.8) is 0 Å². The molecule has 0 fully saturated rings. The number of aromatic nitrogens is 2. The van der Waals surface area contributed by atoms with Crippen molar-refractivity contribution in [2.24, 2.45) is 0 Å². The molecule has 3 heterocycles. The Morgan fingerprint density at radius 3 is 2.85 bits per heavy atom. The Balaban J connectivity index is 1.28. The van der Waals surface area contributed by atoms with Crippen LogP contribution in [0.1, 0.15) is 44.3 Å². The molecule has 0 saturated carbocycles. The van der Waals surface area contributed by atoms with Crippen molar-refractivity contribution in [2.45, 2.75) is 26.2 Å². The molecule has 0 radical (unpaired) electrons. The third-order valence-electron chi connectivity index (χ3n) is 6.41. The minimum absolute atomic E-state index is 0.267. The minimum atomic E-state index is -0.682. The van der Waals surface area contributed by atoms with E-state index in [0.29, 0.717) is 24.2 Å². The second-order valence-electron chi connectivity index (χ2n) is 8.66. The fourth-order valence-corrected chi connectivity index (χ4v) is 4.62. The molecule has 0 amide bonds. The van der Waals surface area contributed by atoms with E-state index in [2.05, 4.69) is 11.1 Å². The number of carbonyl (C=O) groups is 1. The summed E-state index contributed by atoms with van der Waals surface area (Å²) in [4.78, 5) is 18.4. The summed E-state index contributed by atoms with van der Waals surface area (Å²) >= 11 is 0. The number of nitriles is 1. The van der Waals surface area contributed by atoms with Crippen molar-refractivity contribution in [2.75, 3.05) is 13.6 Å². The molecule has 5 rings (SSSR count). The van der Waals surface area contributed by atoms with Gasteiger partial charge in [-0.3, -0.25) is 4.90 Å². The van der Waals surface area contributed by atoms with Crippen LogP contribution in [0.3, 0.4) is 0 Å². The zero-order valence-corrected chi connectivity index (χ0v) is 19.0. The molecule has 4 aromatic rings. The normalized spacial score (nSPS) is 13.7. The van der Waals surface area contributed by atoms with Crippen molar-refractivity contribution < 1.29 is 14.6 Å². The number of fused-ring (bicyclic) bond motifs is 2. The van der Waals surface area contributed by atoms with Gasteiger partial charge in [0, 0.05) is 36.4 Å². The Labute approximate surface area is 197 Å². The van der Waals surface area contributed by atoms with Gasteiger partial charge in [-0.05, 0) is 61.0 Å². The zero-order chi connectivity index (χ0) is 23.8. The minimum Gasteiger partial charge on any atom is -0.457 e. The molecule has 1 atom stereocenters. The van der Waals surface area contributed by atoms with Crippen LogP contribution in [-0.4, -0.2) is 39.1 Å². The van der Waals surface area contributed by atoms with Crippen molar-refractivity contribution in [3.8, 4) is 11.9 Å². The Kier molecular flexibility index (Phi) is 5.62. The Bertz CT molecular complexity index is 1430. The van der Waals surface area contributed by atoms with Gasteiger partial charge in [0.05, 0.1) is 28.8 Å². The van der Waals surface area contributed by atoms with Gasteiger partial charge in [0.25, 0.3) is 0 Å². The molecule has 34 heavy (non-hydrogen) atoms. The molecule has 2 aromatic heterocycles. The lowest BCUT2D eigenvalue weighted by Gasteiger charge is -2.22. The zero-order valence-electron chi connectivity index (χ0n) is 19.0. The van der Waals surface area contributed by atoms with Crippen LogP contribution in [0.15, 0.2) is 60.9 Å². The highest BCUT2D eigenvalue weighted by Gasteiger charge is 2.26. The molecular weight excluding hydrogens is 428 g/mol. The third-order valence-corrected chi connectivity index (χ3v) is 6.41. The second kappa shape index (κ2) is 8.75. The number of aliphatic hydroxyl groups excluding tert-OH is 1. The first-order chi connectivity index (χ1) is 16.5. The number of esters is 1. The van der Waals surface area contributed by atoms with Crippen LogP contribution in [0.4, 0.5) is 0 Å². The van der Waals surface area contributed by atoms with Crippen LogP contribution in [0.5, 0.6) is 0 Å². The van der Waals surface area contributed by atoms with Gasteiger partial charge in [0.1, 0.15) is 12.4 Å². The molecule has 7 nitrogen and oxygen atoms in total. The van der Waals surface area contributed by atoms with E-state index >= 15 is 0 Å². The number of likely N-dealkylation sites (N-methyl/N-ethyl adjacent to an activating group) is 1. The van der Waals surface area contributed by atoms with Crippen molar-refractivity contribution >= 4 is 16.9 Å². The maximum absolute atomic E-state index is 11.8. The van der Waals surface area contributed by atoms with Crippen LogP contribution in [0.2, 0.25) is 0 Å². The number of rotatable bonds is 6. The topological polar surface area (TPSA) is 91.4 Å². The lowest BCUT2D eigenvalue weighted by molar-refractivity contribution is 0.0535. The van der Waals surface area contributed by atoms with Gasteiger partial charge < -0.3 is 14.4 Å². The summed E-state index contributed by atoms with van der Waals surface area (Å²) in [5.74, 6) is 0.479. The van der Waals surface area contributed by atoms with Gasteiger partial charge in [-0.15, -0.1) is 0 Å². The summed E-state index contributed by atoms with van der Waals surface area (Å²) in [7, 11) is 1.95. The summed E-state index contributed by atoms with van der Waals surface area (Å²) in [6.45, 7) is 3.26. The first-order valence-electron chi connectivity index (χ1n) is 11.1. The van der Waals surface area contributed by atoms with E-state index in [0.717, 1.165) is 39.0 Å². The molecule has 0 bridgehead atoms. The van der Waals surface area contributed by atoms with E-state index in [1.165, 1.54) is 0 Å². The molecular formula is C27H24N4O3. The summed E-state index contributed by atoms with van der Waals surface area (Å²) in [5, 5.41) is 21.1. The fourth-order valence-electron chi connectivity index (χ4n) is 4.62. The van der Waals surface area contributed by atoms with Crippen LogP contribution < -0.4 is 0 Å². The number of aliphatic hydroxyl groups is 1. The molecule has 1 aliphatic rings. The summed E-state index contributed by atoms with van der Waals surface area (Å²) in [6, 6.07) is 17.4. The number of hydrogen-bond acceptors (Lipinski definition) is 6. The van der Waals surface area contributed by atoms with Gasteiger partial charge in [-0.1, -0.05) is 18.2 Å².